The van der Waals surface area contributed by atoms with E-state index in [0.717, 1.165) is 28.8 Å². The minimum atomic E-state index is -0.423. The normalized spacial score (nSPS) is 21.1. The zero-order chi connectivity index (χ0) is 20.9. The van der Waals surface area contributed by atoms with Crippen LogP contribution < -0.4 is 15.8 Å². The SMILES string of the molecule is COc1ccc2ccc(-c3cccc(C4(C)CNCC(N)O4)c3)cc2c1.O=CO. The van der Waals surface area contributed by atoms with Gasteiger partial charge in [-0.05, 0) is 58.7 Å². The quantitative estimate of drug-likeness (QED) is 0.590. The lowest BCUT2D eigenvalue weighted by Crippen LogP contribution is -2.53. The Morgan fingerprint density at radius 1 is 1.14 bits per heavy atom. The Balaban J connectivity index is 0.000000755. The zero-order valence-corrected chi connectivity index (χ0v) is 16.6. The van der Waals surface area contributed by atoms with Crippen LogP contribution in [0, 0.1) is 0 Å². The van der Waals surface area contributed by atoms with E-state index in [2.05, 4.69) is 66.8 Å². The Bertz CT molecular complexity index is 992. The van der Waals surface area contributed by atoms with Gasteiger partial charge in [-0.2, -0.15) is 0 Å². The van der Waals surface area contributed by atoms with Crippen LogP contribution in [-0.4, -0.2) is 38.0 Å². The molecule has 0 aliphatic carbocycles. The molecule has 152 valence electrons. The summed E-state index contributed by atoms with van der Waals surface area (Å²) in [6.45, 7) is 3.27. The molecule has 6 nitrogen and oxygen atoms in total. The number of carboxylic acid groups (broad SMARTS) is 1. The predicted molar refractivity (Wildman–Crippen MR) is 114 cm³/mol. The number of carbonyl (C=O) groups is 1. The number of morpholine rings is 1. The van der Waals surface area contributed by atoms with Crippen LogP contribution in [0.1, 0.15) is 12.5 Å². The van der Waals surface area contributed by atoms with Gasteiger partial charge in [0.05, 0.1) is 7.11 Å². The van der Waals surface area contributed by atoms with Gasteiger partial charge in [-0.15, -0.1) is 0 Å². The van der Waals surface area contributed by atoms with Crippen LogP contribution in [0.25, 0.3) is 21.9 Å². The zero-order valence-electron chi connectivity index (χ0n) is 16.6. The van der Waals surface area contributed by atoms with E-state index in [0.29, 0.717) is 6.54 Å². The minimum Gasteiger partial charge on any atom is -0.497 e. The van der Waals surface area contributed by atoms with Crippen molar-refractivity contribution in [2.24, 2.45) is 5.73 Å². The van der Waals surface area contributed by atoms with Gasteiger partial charge in [0.25, 0.3) is 6.47 Å². The summed E-state index contributed by atoms with van der Waals surface area (Å²) in [5.41, 5.74) is 9.03. The largest absolute Gasteiger partial charge is 0.497 e. The highest BCUT2D eigenvalue weighted by Gasteiger charge is 2.33. The average Bonchev–Trinajstić information content (AvgIpc) is 2.73. The van der Waals surface area contributed by atoms with E-state index in [1.54, 1.807) is 7.11 Å². The van der Waals surface area contributed by atoms with Gasteiger partial charge in [0.15, 0.2) is 0 Å². The average molecular weight is 394 g/mol. The number of hydrogen-bond acceptors (Lipinski definition) is 5. The van der Waals surface area contributed by atoms with Gasteiger partial charge < -0.3 is 25.6 Å². The molecular formula is C23H26N2O4. The third-order valence-electron chi connectivity index (χ3n) is 5.07. The summed E-state index contributed by atoms with van der Waals surface area (Å²) in [6.07, 6.45) is -0.287. The Hall–Kier alpha value is -2.93. The van der Waals surface area contributed by atoms with Crippen LogP contribution >= 0.6 is 0 Å². The Labute approximate surface area is 170 Å². The summed E-state index contributed by atoms with van der Waals surface area (Å²) in [5.74, 6) is 0.867. The fourth-order valence-electron chi connectivity index (χ4n) is 3.60. The van der Waals surface area contributed by atoms with Crippen molar-refractivity contribution in [1.29, 1.82) is 0 Å². The van der Waals surface area contributed by atoms with Crippen molar-refractivity contribution in [3.05, 3.63) is 66.2 Å². The van der Waals surface area contributed by atoms with Crippen LogP contribution in [0.3, 0.4) is 0 Å². The molecular weight excluding hydrogens is 368 g/mol. The fourth-order valence-corrected chi connectivity index (χ4v) is 3.60. The molecule has 0 bridgehead atoms. The second-order valence-electron chi connectivity index (χ2n) is 7.13. The Morgan fingerprint density at radius 3 is 2.59 bits per heavy atom. The van der Waals surface area contributed by atoms with Crippen molar-refractivity contribution in [2.45, 2.75) is 18.8 Å². The summed E-state index contributed by atoms with van der Waals surface area (Å²) in [7, 11) is 1.69. The van der Waals surface area contributed by atoms with E-state index in [1.807, 2.05) is 6.07 Å². The molecule has 0 saturated carbocycles. The maximum atomic E-state index is 8.36. The second kappa shape index (κ2) is 9.05. The van der Waals surface area contributed by atoms with Gasteiger partial charge in [-0.1, -0.05) is 36.4 Å². The molecule has 2 unspecified atom stereocenters. The highest BCUT2D eigenvalue weighted by Crippen LogP contribution is 2.32. The summed E-state index contributed by atoms with van der Waals surface area (Å²) >= 11 is 0. The van der Waals surface area contributed by atoms with Gasteiger partial charge in [-0.3, -0.25) is 4.79 Å². The maximum Gasteiger partial charge on any atom is 0.290 e. The molecule has 0 radical (unpaired) electrons. The minimum absolute atomic E-state index is 0.250. The Morgan fingerprint density at radius 2 is 1.86 bits per heavy atom. The molecule has 29 heavy (non-hydrogen) atoms. The van der Waals surface area contributed by atoms with E-state index in [9.17, 15) is 0 Å². The van der Waals surface area contributed by atoms with Crippen LogP contribution in [-0.2, 0) is 15.1 Å². The number of fused-ring (bicyclic) bond motifs is 1. The number of ether oxygens (including phenoxy) is 2. The number of nitrogens with two attached hydrogens (primary N) is 1. The number of methoxy groups -OCH3 is 1. The van der Waals surface area contributed by atoms with Crippen molar-refractivity contribution in [3.63, 3.8) is 0 Å². The third kappa shape index (κ3) is 4.74. The maximum absolute atomic E-state index is 8.36. The molecule has 1 aliphatic rings. The van der Waals surface area contributed by atoms with Crippen LogP contribution in [0.4, 0.5) is 0 Å². The lowest BCUT2D eigenvalue weighted by molar-refractivity contribution is -0.122. The molecule has 1 fully saturated rings. The van der Waals surface area contributed by atoms with E-state index in [-0.39, 0.29) is 12.7 Å². The number of hydrogen-bond donors (Lipinski definition) is 3. The third-order valence-corrected chi connectivity index (χ3v) is 5.07. The lowest BCUT2D eigenvalue weighted by Gasteiger charge is -2.38. The van der Waals surface area contributed by atoms with Crippen LogP contribution in [0.2, 0.25) is 0 Å². The molecule has 1 saturated heterocycles. The lowest BCUT2D eigenvalue weighted by atomic mass is 9.91. The van der Waals surface area contributed by atoms with Crippen LogP contribution in [0.15, 0.2) is 60.7 Å². The topological polar surface area (TPSA) is 93.8 Å². The van der Waals surface area contributed by atoms with Gasteiger partial charge in [0.1, 0.15) is 17.6 Å². The molecule has 4 rings (SSSR count). The highest BCUT2D eigenvalue weighted by atomic mass is 16.5. The monoisotopic (exact) mass is 394 g/mol. The molecule has 0 spiro atoms. The van der Waals surface area contributed by atoms with Gasteiger partial charge >= 0.3 is 0 Å². The molecule has 0 aromatic heterocycles. The van der Waals surface area contributed by atoms with Gasteiger partial charge in [0.2, 0.25) is 0 Å². The molecule has 1 aliphatic heterocycles. The van der Waals surface area contributed by atoms with E-state index >= 15 is 0 Å². The Kier molecular flexibility index (Phi) is 6.49. The first-order valence-electron chi connectivity index (χ1n) is 9.40. The molecule has 6 heteroatoms. The predicted octanol–water partition coefficient (Wildman–Crippen LogP) is 3.34. The molecule has 4 N–H and O–H groups in total. The number of rotatable bonds is 3. The van der Waals surface area contributed by atoms with Crippen molar-refractivity contribution >= 4 is 17.2 Å². The highest BCUT2D eigenvalue weighted by molar-refractivity contribution is 5.88. The van der Waals surface area contributed by atoms with Gasteiger partial charge in [-0.25, -0.2) is 0 Å². The summed E-state index contributed by atoms with van der Waals surface area (Å²) in [6, 6.07) is 21.1. The van der Waals surface area contributed by atoms with Crippen molar-refractivity contribution < 1.29 is 19.4 Å². The molecule has 3 aromatic carbocycles. The smallest absolute Gasteiger partial charge is 0.290 e. The van der Waals surface area contributed by atoms with Crippen molar-refractivity contribution in [1.82, 2.24) is 5.32 Å². The second-order valence-corrected chi connectivity index (χ2v) is 7.13. The molecule has 3 aromatic rings. The van der Waals surface area contributed by atoms with E-state index < -0.39 is 5.60 Å². The summed E-state index contributed by atoms with van der Waals surface area (Å²) in [4.78, 5) is 8.36. The standard InChI is InChI=1S/C22H24N2O2.CH2O2/c1-22(14-24-13-21(23)26-22)19-5-3-4-16(11-19)17-7-6-15-8-9-20(25-2)12-18(15)10-17;2-1-3/h3-12,21,24H,13-14,23H2,1-2H3;1H,(H,2,3). The first kappa shape index (κ1) is 20.8. The first-order valence-corrected chi connectivity index (χ1v) is 9.40. The van der Waals surface area contributed by atoms with Crippen molar-refractivity contribution in [2.75, 3.05) is 20.2 Å². The summed E-state index contributed by atoms with van der Waals surface area (Å²) in [5, 5.41) is 12.6. The molecule has 0 amide bonds. The van der Waals surface area contributed by atoms with E-state index in [4.69, 9.17) is 25.1 Å². The van der Waals surface area contributed by atoms with E-state index in [1.165, 1.54) is 10.9 Å². The number of nitrogens with one attached hydrogen (secondary N) is 1. The first-order chi connectivity index (χ1) is 14.0. The number of benzene rings is 3. The fraction of sp³-hybridized carbons (Fsp3) is 0.261. The molecule has 1 heterocycles. The van der Waals surface area contributed by atoms with Crippen molar-refractivity contribution in [3.8, 4) is 16.9 Å². The summed E-state index contributed by atoms with van der Waals surface area (Å²) < 4.78 is 11.4. The molecule has 2 atom stereocenters. The van der Waals surface area contributed by atoms with Gasteiger partial charge in [0, 0.05) is 13.1 Å². The van der Waals surface area contributed by atoms with Crippen LogP contribution in [0.5, 0.6) is 5.75 Å².